The minimum Gasteiger partial charge on any atom is -0.330 e. The van der Waals surface area contributed by atoms with Gasteiger partial charge in [-0.3, -0.25) is 15.0 Å². The molecular weight excluding hydrogens is 322 g/mol. The topological polar surface area (TPSA) is 72.4 Å². The van der Waals surface area contributed by atoms with Gasteiger partial charge in [0.1, 0.15) is 0 Å². The molecule has 1 aliphatic heterocycles. The van der Waals surface area contributed by atoms with Gasteiger partial charge >= 0.3 is 0 Å². The number of nitro groups is 1. The van der Waals surface area contributed by atoms with Gasteiger partial charge in [-0.1, -0.05) is 15.9 Å². The monoisotopic (exact) mass is 341 g/mol. The molecule has 0 aliphatic carbocycles. The molecule has 1 heterocycles. The molecule has 0 aromatic heterocycles. The maximum Gasteiger partial charge on any atom is 0.275 e. The highest BCUT2D eigenvalue weighted by atomic mass is 79.9. The summed E-state index contributed by atoms with van der Waals surface area (Å²) in [6, 6.07) is 5.29. The average molecular weight is 342 g/mol. The Balaban J connectivity index is 1.99. The Hall–Kier alpha value is -0.980. The van der Waals surface area contributed by atoms with Gasteiger partial charge in [-0.05, 0) is 56.9 Å². The number of hydrogen-bond acceptors (Lipinski definition) is 4. The first-order valence-corrected chi connectivity index (χ1v) is 7.74. The summed E-state index contributed by atoms with van der Waals surface area (Å²) in [4.78, 5) is 13.1. The number of likely N-dealkylation sites (tertiary alicyclic amines) is 1. The molecule has 1 aliphatic rings. The lowest BCUT2D eigenvalue weighted by atomic mass is 9.93. The van der Waals surface area contributed by atoms with Gasteiger partial charge in [0.05, 0.1) is 4.92 Å². The molecule has 6 heteroatoms. The number of nitrogens with zero attached hydrogens (tertiary/aromatic N) is 2. The van der Waals surface area contributed by atoms with Crippen molar-refractivity contribution in [1.82, 2.24) is 4.90 Å². The van der Waals surface area contributed by atoms with E-state index in [1.807, 2.05) is 12.1 Å². The fraction of sp³-hybridized carbons (Fsp3) is 0.571. The van der Waals surface area contributed by atoms with E-state index in [1.54, 1.807) is 6.07 Å². The summed E-state index contributed by atoms with van der Waals surface area (Å²) in [5.41, 5.74) is 6.58. The second-order valence-electron chi connectivity index (χ2n) is 5.33. The smallest absolute Gasteiger partial charge is 0.275 e. The van der Waals surface area contributed by atoms with Crippen LogP contribution in [0.4, 0.5) is 5.69 Å². The summed E-state index contributed by atoms with van der Waals surface area (Å²) in [6.07, 6.45) is 3.37. The van der Waals surface area contributed by atoms with Gasteiger partial charge in [0, 0.05) is 22.6 Å². The molecule has 0 saturated carbocycles. The Morgan fingerprint density at radius 3 is 2.70 bits per heavy atom. The molecule has 0 unspecified atom stereocenters. The summed E-state index contributed by atoms with van der Waals surface area (Å²) < 4.78 is 0.745. The van der Waals surface area contributed by atoms with Gasteiger partial charge in [0.25, 0.3) is 5.69 Å². The van der Waals surface area contributed by atoms with Crippen LogP contribution in [0.2, 0.25) is 0 Å². The van der Waals surface area contributed by atoms with Crippen molar-refractivity contribution in [3.63, 3.8) is 0 Å². The SMILES string of the molecule is NCCC1CCN(Cc2ccc(Br)cc2[N+](=O)[O-])CC1. The molecule has 0 bridgehead atoms. The van der Waals surface area contributed by atoms with E-state index >= 15 is 0 Å². The Bertz CT molecular complexity index is 473. The number of nitrogens with two attached hydrogens (primary N) is 1. The van der Waals surface area contributed by atoms with E-state index < -0.39 is 0 Å². The minimum atomic E-state index is -0.304. The summed E-state index contributed by atoms with van der Waals surface area (Å²) in [5, 5.41) is 11.1. The van der Waals surface area contributed by atoms with Gasteiger partial charge in [0.2, 0.25) is 0 Å². The normalized spacial score (nSPS) is 17.3. The zero-order valence-electron chi connectivity index (χ0n) is 11.4. The van der Waals surface area contributed by atoms with Crippen LogP contribution in [0.25, 0.3) is 0 Å². The summed E-state index contributed by atoms with van der Waals surface area (Å²) in [5.74, 6) is 0.719. The lowest BCUT2D eigenvalue weighted by Gasteiger charge is -2.31. The quantitative estimate of drug-likeness (QED) is 0.660. The fourth-order valence-corrected chi connectivity index (χ4v) is 3.10. The first-order chi connectivity index (χ1) is 9.60. The molecule has 1 aromatic carbocycles. The predicted molar refractivity (Wildman–Crippen MR) is 82.5 cm³/mol. The Kier molecular flexibility index (Phi) is 5.51. The maximum atomic E-state index is 11.1. The van der Waals surface area contributed by atoms with E-state index in [9.17, 15) is 10.1 Å². The van der Waals surface area contributed by atoms with Crippen LogP contribution in [-0.2, 0) is 6.54 Å². The van der Waals surface area contributed by atoms with E-state index in [-0.39, 0.29) is 10.6 Å². The van der Waals surface area contributed by atoms with Crippen LogP contribution < -0.4 is 5.73 Å². The standard InChI is InChI=1S/C14H20BrN3O2/c15-13-2-1-12(14(9-13)18(19)20)10-17-7-4-11(3-6-16)5-8-17/h1-2,9,11H,3-8,10,16H2. The van der Waals surface area contributed by atoms with Crippen molar-refractivity contribution in [3.8, 4) is 0 Å². The maximum absolute atomic E-state index is 11.1. The molecule has 110 valence electrons. The molecule has 0 spiro atoms. The molecular formula is C14H20BrN3O2. The van der Waals surface area contributed by atoms with Crippen LogP contribution in [0.5, 0.6) is 0 Å². The average Bonchev–Trinajstić information content (AvgIpc) is 2.43. The van der Waals surface area contributed by atoms with Crippen LogP contribution in [0, 0.1) is 16.0 Å². The third-order valence-corrected chi connectivity index (χ3v) is 4.41. The molecule has 0 amide bonds. The van der Waals surface area contributed by atoms with Crippen molar-refractivity contribution in [3.05, 3.63) is 38.3 Å². The van der Waals surface area contributed by atoms with Crippen molar-refractivity contribution in [1.29, 1.82) is 0 Å². The first kappa shape index (κ1) is 15.4. The number of benzene rings is 1. The summed E-state index contributed by atoms with van der Waals surface area (Å²) in [6.45, 7) is 3.40. The van der Waals surface area contributed by atoms with Crippen LogP contribution in [0.1, 0.15) is 24.8 Å². The third-order valence-electron chi connectivity index (χ3n) is 3.92. The number of nitro benzene ring substituents is 1. The summed E-state index contributed by atoms with van der Waals surface area (Å²) in [7, 11) is 0. The van der Waals surface area contributed by atoms with E-state index in [1.165, 1.54) is 0 Å². The molecule has 0 atom stereocenters. The number of rotatable bonds is 5. The predicted octanol–water partition coefficient (Wildman–Crippen LogP) is 2.92. The number of piperidine rings is 1. The zero-order chi connectivity index (χ0) is 14.5. The van der Waals surface area contributed by atoms with Gasteiger partial charge in [-0.15, -0.1) is 0 Å². The van der Waals surface area contributed by atoms with Crippen LogP contribution in [0.3, 0.4) is 0 Å². The van der Waals surface area contributed by atoms with Crippen molar-refractivity contribution in [2.75, 3.05) is 19.6 Å². The second-order valence-corrected chi connectivity index (χ2v) is 6.24. The van der Waals surface area contributed by atoms with Crippen molar-refractivity contribution in [2.24, 2.45) is 11.7 Å². The Labute approximate surface area is 127 Å². The Morgan fingerprint density at radius 2 is 2.10 bits per heavy atom. The molecule has 2 rings (SSSR count). The highest BCUT2D eigenvalue weighted by Crippen LogP contribution is 2.27. The third kappa shape index (κ3) is 4.01. The molecule has 1 saturated heterocycles. The molecule has 1 fully saturated rings. The lowest BCUT2D eigenvalue weighted by Crippen LogP contribution is -2.34. The minimum absolute atomic E-state index is 0.198. The van der Waals surface area contributed by atoms with E-state index in [2.05, 4.69) is 20.8 Å². The second kappa shape index (κ2) is 7.15. The zero-order valence-corrected chi connectivity index (χ0v) is 13.0. The van der Waals surface area contributed by atoms with Gasteiger partial charge in [-0.2, -0.15) is 0 Å². The first-order valence-electron chi connectivity index (χ1n) is 6.95. The number of halogens is 1. The summed E-state index contributed by atoms with van der Waals surface area (Å²) >= 11 is 3.29. The van der Waals surface area contributed by atoms with Crippen LogP contribution in [0.15, 0.2) is 22.7 Å². The van der Waals surface area contributed by atoms with E-state index in [4.69, 9.17) is 5.73 Å². The van der Waals surface area contributed by atoms with Crippen molar-refractivity contribution < 1.29 is 4.92 Å². The fourth-order valence-electron chi connectivity index (χ4n) is 2.75. The van der Waals surface area contributed by atoms with E-state index in [0.717, 1.165) is 54.9 Å². The van der Waals surface area contributed by atoms with Gasteiger partial charge in [-0.25, -0.2) is 0 Å². The molecule has 0 radical (unpaired) electrons. The van der Waals surface area contributed by atoms with Gasteiger partial charge < -0.3 is 5.73 Å². The highest BCUT2D eigenvalue weighted by Gasteiger charge is 2.21. The van der Waals surface area contributed by atoms with Crippen molar-refractivity contribution in [2.45, 2.75) is 25.8 Å². The molecule has 2 N–H and O–H groups in total. The number of hydrogen-bond donors (Lipinski definition) is 1. The Morgan fingerprint density at radius 1 is 1.40 bits per heavy atom. The van der Waals surface area contributed by atoms with Gasteiger partial charge in [0.15, 0.2) is 0 Å². The van der Waals surface area contributed by atoms with E-state index in [0.29, 0.717) is 6.54 Å². The molecule has 20 heavy (non-hydrogen) atoms. The lowest BCUT2D eigenvalue weighted by molar-refractivity contribution is -0.385. The molecule has 1 aromatic rings. The largest absolute Gasteiger partial charge is 0.330 e. The molecule has 5 nitrogen and oxygen atoms in total. The highest BCUT2D eigenvalue weighted by molar-refractivity contribution is 9.10. The van der Waals surface area contributed by atoms with Crippen LogP contribution >= 0.6 is 15.9 Å². The van der Waals surface area contributed by atoms with Crippen molar-refractivity contribution >= 4 is 21.6 Å². The van der Waals surface area contributed by atoms with Crippen LogP contribution in [-0.4, -0.2) is 29.5 Å².